The Morgan fingerprint density at radius 3 is 2.38 bits per heavy atom. The van der Waals surface area contributed by atoms with Crippen LogP contribution in [0.15, 0.2) is 64.6 Å². The van der Waals surface area contributed by atoms with E-state index in [0.29, 0.717) is 29.4 Å². The van der Waals surface area contributed by atoms with E-state index >= 15 is 0 Å². The third-order valence-corrected chi connectivity index (χ3v) is 6.60. The number of ether oxygens (including phenoxy) is 2. The Bertz CT molecular complexity index is 1420. The van der Waals surface area contributed by atoms with Crippen molar-refractivity contribution in [3.8, 4) is 11.5 Å². The maximum absolute atomic E-state index is 13.3. The largest absolute Gasteiger partial charge is 0.490 e. The number of benzene rings is 3. The monoisotopic (exact) mass is 582 g/mol. The molecule has 3 aromatic rings. The van der Waals surface area contributed by atoms with Crippen LogP contribution in [0.4, 0.5) is 10.5 Å². The molecular formula is C28H24BrClN2O5. The summed E-state index contributed by atoms with van der Waals surface area (Å²) in [5, 5.41) is 2.49. The average molecular weight is 584 g/mol. The van der Waals surface area contributed by atoms with Crippen LogP contribution in [-0.2, 0) is 16.2 Å². The Hall–Kier alpha value is -3.62. The molecule has 0 spiro atoms. The second-order valence-corrected chi connectivity index (χ2v) is 9.73. The van der Waals surface area contributed by atoms with Crippen LogP contribution < -0.4 is 19.7 Å². The van der Waals surface area contributed by atoms with Crippen molar-refractivity contribution >= 4 is 57.1 Å². The molecule has 1 N–H and O–H groups in total. The van der Waals surface area contributed by atoms with Gasteiger partial charge in [-0.05, 0) is 85.5 Å². The lowest BCUT2D eigenvalue weighted by Gasteiger charge is -2.27. The minimum atomic E-state index is -0.805. The van der Waals surface area contributed by atoms with Gasteiger partial charge in [0.25, 0.3) is 11.8 Å². The highest BCUT2D eigenvalue weighted by Gasteiger charge is 2.37. The maximum Gasteiger partial charge on any atom is 0.335 e. The van der Waals surface area contributed by atoms with Crippen molar-refractivity contribution in [2.75, 3.05) is 11.5 Å². The molecule has 0 aromatic heterocycles. The number of hydrogen-bond acceptors (Lipinski definition) is 5. The average Bonchev–Trinajstić information content (AvgIpc) is 2.84. The molecule has 4 rings (SSSR count). The van der Waals surface area contributed by atoms with Crippen molar-refractivity contribution in [3.63, 3.8) is 0 Å². The fourth-order valence-corrected chi connectivity index (χ4v) is 4.27. The number of carbonyl (C=O) groups is 3. The van der Waals surface area contributed by atoms with Crippen LogP contribution in [-0.4, -0.2) is 24.5 Å². The first kappa shape index (κ1) is 26.4. The summed E-state index contributed by atoms with van der Waals surface area (Å²) in [7, 11) is 0. The molecule has 1 heterocycles. The topological polar surface area (TPSA) is 84.9 Å². The van der Waals surface area contributed by atoms with Crippen molar-refractivity contribution in [2.24, 2.45) is 0 Å². The highest BCUT2D eigenvalue weighted by molar-refractivity contribution is 9.10. The van der Waals surface area contributed by atoms with E-state index in [1.54, 1.807) is 24.3 Å². The molecule has 1 fully saturated rings. The number of aryl methyl sites for hydroxylation is 2. The van der Waals surface area contributed by atoms with Crippen LogP contribution >= 0.6 is 27.5 Å². The van der Waals surface area contributed by atoms with Crippen molar-refractivity contribution in [1.82, 2.24) is 5.32 Å². The number of amides is 4. The lowest BCUT2D eigenvalue weighted by Crippen LogP contribution is -2.54. The number of barbiturate groups is 1. The zero-order valence-electron chi connectivity index (χ0n) is 20.4. The number of hydrogen-bond donors (Lipinski definition) is 1. The van der Waals surface area contributed by atoms with E-state index in [0.717, 1.165) is 26.1 Å². The third kappa shape index (κ3) is 5.87. The first-order valence-electron chi connectivity index (χ1n) is 11.5. The summed E-state index contributed by atoms with van der Waals surface area (Å²) >= 11 is 9.95. The summed E-state index contributed by atoms with van der Waals surface area (Å²) in [5.41, 5.74) is 3.47. The first-order chi connectivity index (χ1) is 17.7. The van der Waals surface area contributed by atoms with Crippen LogP contribution in [0.5, 0.6) is 11.5 Å². The lowest BCUT2D eigenvalue weighted by molar-refractivity contribution is -0.122. The van der Waals surface area contributed by atoms with Gasteiger partial charge in [0.15, 0.2) is 11.5 Å². The van der Waals surface area contributed by atoms with Gasteiger partial charge in [-0.15, -0.1) is 0 Å². The van der Waals surface area contributed by atoms with Gasteiger partial charge in [-0.2, -0.15) is 0 Å². The number of imide groups is 2. The Balaban J connectivity index is 1.66. The minimum Gasteiger partial charge on any atom is -0.490 e. The summed E-state index contributed by atoms with van der Waals surface area (Å²) in [6, 6.07) is 15.3. The van der Waals surface area contributed by atoms with Gasteiger partial charge < -0.3 is 9.47 Å². The molecule has 0 bridgehead atoms. The number of nitrogens with zero attached hydrogens (tertiary/aromatic N) is 1. The Kier molecular flexibility index (Phi) is 8.00. The van der Waals surface area contributed by atoms with Gasteiger partial charge in [-0.25, -0.2) is 9.69 Å². The summed E-state index contributed by atoms with van der Waals surface area (Å²) in [6.07, 6.45) is 1.38. The molecule has 0 radical (unpaired) electrons. The molecule has 3 aromatic carbocycles. The SMILES string of the molecule is CCOc1cc(/C=C2\C(=O)NC(=O)N(c3ccc(C)c(C)c3)C2=O)cc(Cl)c1OCc1ccc(Br)cc1. The summed E-state index contributed by atoms with van der Waals surface area (Å²) in [6.45, 7) is 6.24. The number of anilines is 1. The smallest absolute Gasteiger partial charge is 0.335 e. The van der Waals surface area contributed by atoms with Crippen LogP contribution in [0.2, 0.25) is 5.02 Å². The summed E-state index contributed by atoms with van der Waals surface area (Å²) in [4.78, 5) is 39.4. The summed E-state index contributed by atoms with van der Waals surface area (Å²) in [5.74, 6) is -0.814. The van der Waals surface area contributed by atoms with Crippen molar-refractivity contribution in [3.05, 3.63) is 91.9 Å². The third-order valence-electron chi connectivity index (χ3n) is 5.79. The van der Waals surface area contributed by atoms with Crippen molar-refractivity contribution in [1.29, 1.82) is 0 Å². The van der Waals surface area contributed by atoms with Gasteiger partial charge in [-0.3, -0.25) is 14.9 Å². The number of carbonyl (C=O) groups excluding carboxylic acids is 3. The van der Waals surface area contributed by atoms with Crippen LogP contribution in [0.1, 0.15) is 29.2 Å². The van der Waals surface area contributed by atoms with E-state index < -0.39 is 17.8 Å². The number of nitrogens with one attached hydrogen (secondary N) is 1. The Morgan fingerprint density at radius 2 is 1.70 bits per heavy atom. The fraction of sp³-hybridized carbons (Fsp3) is 0.179. The van der Waals surface area contributed by atoms with Crippen LogP contribution in [0, 0.1) is 13.8 Å². The zero-order chi connectivity index (χ0) is 26.7. The first-order valence-corrected chi connectivity index (χ1v) is 12.7. The molecule has 1 aliphatic heterocycles. The normalized spacial score (nSPS) is 14.7. The summed E-state index contributed by atoms with van der Waals surface area (Å²) < 4.78 is 12.7. The van der Waals surface area contributed by atoms with Gasteiger partial charge >= 0.3 is 6.03 Å². The molecule has 0 saturated carbocycles. The van der Waals surface area contributed by atoms with Crippen molar-refractivity contribution < 1.29 is 23.9 Å². The molecule has 9 heteroatoms. The molecule has 190 valence electrons. The van der Waals surface area contributed by atoms with E-state index in [9.17, 15) is 14.4 Å². The minimum absolute atomic E-state index is 0.208. The maximum atomic E-state index is 13.3. The Morgan fingerprint density at radius 1 is 0.973 bits per heavy atom. The zero-order valence-corrected chi connectivity index (χ0v) is 22.8. The number of halogens is 2. The van der Waals surface area contributed by atoms with E-state index in [-0.39, 0.29) is 17.2 Å². The molecule has 4 amide bonds. The van der Waals surface area contributed by atoms with Crippen LogP contribution in [0.25, 0.3) is 6.08 Å². The molecule has 1 saturated heterocycles. The molecular weight excluding hydrogens is 560 g/mol. The lowest BCUT2D eigenvalue weighted by atomic mass is 10.0. The second-order valence-electron chi connectivity index (χ2n) is 8.40. The van der Waals surface area contributed by atoms with Gasteiger partial charge in [0, 0.05) is 4.47 Å². The predicted octanol–water partition coefficient (Wildman–Crippen LogP) is 6.36. The molecule has 0 unspecified atom stereocenters. The molecule has 37 heavy (non-hydrogen) atoms. The van der Waals surface area contributed by atoms with Gasteiger partial charge in [0.2, 0.25) is 0 Å². The van der Waals surface area contributed by atoms with Gasteiger partial charge in [0.1, 0.15) is 12.2 Å². The molecule has 0 atom stereocenters. The second kappa shape index (κ2) is 11.2. The van der Waals surface area contributed by atoms with Gasteiger partial charge in [-0.1, -0.05) is 45.7 Å². The van der Waals surface area contributed by atoms with E-state index in [1.807, 2.05) is 51.1 Å². The number of rotatable bonds is 7. The fourth-order valence-electron chi connectivity index (χ4n) is 3.73. The Labute approximate surface area is 228 Å². The van der Waals surface area contributed by atoms with Crippen LogP contribution in [0.3, 0.4) is 0 Å². The highest BCUT2D eigenvalue weighted by atomic mass is 79.9. The van der Waals surface area contributed by atoms with E-state index in [1.165, 1.54) is 6.08 Å². The molecule has 1 aliphatic rings. The highest BCUT2D eigenvalue weighted by Crippen LogP contribution is 2.38. The molecule has 0 aliphatic carbocycles. The van der Waals surface area contributed by atoms with E-state index in [4.69, 9.17) is 21.1 Å². The molecule has 7 nitrogen and oxygen atoms in total. The predicted molar refractivity (Wildman–Crippen MR) is 146 cm³/mol. The van der Waals surface area contributed by atoms with Gasteiger partial charge in [0.05, 0.1) is 17.3 Å². The number of urea groups is 1. The van der Waals surface area contributed by atoms with Crippen molar-refractivity contribution in [2.45, 2.75) is 27.4 Å². The van der Waals surface area contributed by atoms with E-state index in [2.05, 4.69) is 21.2 Å². The quantitative estimate of drug-likeness (QED) is 0.258. The standard InChI is InChI=1S/C28H24BrClN2O5/c1-4-36-24-14-19(13-23(30)25(24)37-15-18-6-8-20(29)9-7-18)12-22-26(33)31-28(35)32(27(22)34)21-10-5-16(2)17(3)11-21/h5-14H,4,15H2,1-3H3,(H,31,33,35)/b22-12+.